The average Bonchev–Trinajstić information content (AvgIpc) is 1.00. The second-order valence-corrected chi connectivity index (χ2v) is 0. The molecule has 0 aromatic heterocycles. The number of hydrogen-bond donors (Lipinski definition) is 0. The Morgan fingerprint density at radius 1 is 0.833 bits per heavy atom. The first-order chi connectivity index (χ1) is 1.00. The molecule has 0 saturated carbocycles. The summed E-state index contributed by atoms with van der Waals surface area (Å²) in [6, 6.07) is 0. The Morgan fingerprint density at radius 2 is 0.833 bits per heavy atom. The van der Waals surface area contributed by atoms with Gasteiger partial charge < -0.3 is 21.5 Å². The largest absolute Gasteiger partial charge is 4.00 e. The van der Waals surface area contributed by atoms with E-state index in [9.17, 15) is 0 Å². The SMILES string of the molecule is C[O-].[OH-].[OH-].[OH-].[Ti+4]. The fourth-order valence-electron chi connectivity index (χ4n) is 0. The Hall–Kier alpha value is 0.554. The van der Waals surface area contributed by atoms with Crippen molar-refractivity contribution in [1.82, 2.24) is 0 Å². The van der Waals surface area contributed by atoms with Crippen molar-refractivity contribution >= 4 is 0 Å². The summed E-state index contributed by atoms with van der Waals surface area (Å²) in [5.41, 5.74) is 0. The van der Waals surface area contributed by atoms with Crippen molar-refractivity contribution in [3.8, 4) is 0 Å². The van der Waals surface area contributed by atoms with Crippen molar-refractivity contribution in [3.05, 3.63) is 0 Å². The Morgan fingerprint density at radius 3 is 0.833 bits per heavy atom. The van der Waals surface area contributed by atoms with Crippen LogP contribution in [-0.4, -0.2) is 23.5 Å². The molecule has 0 bridgehead atoms. The van der Waals surface area contributed by atoms with Gasteiger partial charge in [-0.2, -0.15) is 7.11 Å². The molecule has 5 heteroatoms. The molecule has 38 valence electrons. The van der Waals surface area contributed by atoms with Gasteiger partial charge in [0, 0.05) is 0 Å². The molecule has 0 aliphatic heterocycles. The van der Waals surface area contributed by atoms with Gasteiger partial charge in [0.25, 0.3) is 0 Å². The smallest absolute Gasteiger partial charge is 0.870 e. The summed E-state index contributed by atoms with van der Waals surface area (Å²) in [6.45, 7) is 0. The van der Waals surface area contributed by atoms with Gasteiger partial charge in [0.05, 0.1) is 0 Å². The Kier molecular flexibility index (Phi) is 5230. The van der Waals surface area contributed by atoms with Crippen LogP contribution in [0.15, 0.2) is 0 Å². The normalized spacial score (nSPS) is 1.00. The van der Waals surface area contributed by atoms with Crippen LogP contribution in [0.4, 0.5) is 0 Å². The van der Waals surface area contributed by atoms with Gasteiger partial charge in [-0.3, -0.25) is 0 Å². The molecule has 0 aliphatic carbocycles. The monoisotopic (exact) mass is 130 g/mol. The summed E-state index contributed by atoms with van der Waals surface area (Å²) in [5.74, 6) is 0. The van der Waals surface area contributed by atoms with Crippen LogP contribution in [0.3, 0.4) is 0 Å². The van der Waals surface area contributed by atoms with Gasteiger partial charge in [-0.05, 0) is 0 Å². The van der Waals surface area contributed by atoms with E-state index < -0.39 is 0 Å². The van der Waals surface area contributed by atoms with Crippen LogP contribution in [-0.2, 0) is 21.7 Å². The molecule has 0 aromatic carbocycles. The zero-order valence-corrected chi connectivity index (χ0v) is 4.81. The van der Waals surface area contributed by atoms with Gasteiger partial charge in [0.2, 0.25) is 0 Å². The maximum absolute atomic E-state index is 8.25. The minimum Gasteiger partial charge on any atom is -0.870 e. The molecule has 0 radical (unpaired) electrons. The molecule has 0 saturated heterocycles. The Balaban J connectivity index is -0.000000000833. The van der Waals surface area contributed by atoms with E-state index >= 15 is 0 Å². The molecule has 4 nitrogen and oxygen atoms in total. The minimum atomic E-state index is 0. The first-order valence-electron chi connectivity index (χ1n) is 0.408. The third-order valence-electron chi connectivity index (χ3n) is 0. The first-order valence-corrected chi connectivity index (χ1v) is 0.408. The molecule has 0 atom stereocenters. The standard InChI is InChI=1S/CH3O.3H2O.Ti/c1-2;;;;/h1H3;3*1H2;/q-1;;;;+4/p-3. The van der Waals surface area contributed by atoms with Crippen LogP contribution in [0, 0.1) is 0 Å². The first kappa shape index (κ1) is 83.7. The van der Waals surface area contributed by atoms with Crippen LogP contribution < -0.4 is 5.11 Å². The zero-order chi connectivity index (χ0) is 2.00. The molecule has 0 rings (SSSR count). The van der Waals surface area contributed by atoms with Crippen molar-refractivity contribution in [3.63, 3.8) is 0 Å². The van der Waals surface area contributed by atoms with E-state index in [2.05, 4.69) is 0 Å². The van der Waals surface area contributed by atoms with E-state index in [4.69, 9.17) is 5.11 Å². The third kappa shape index (κ3) is 187. The topological polar surface area (TPSA) is 113 Å². The molecule has 6 heavy (non-hydrogen) atoms. The summed E-state index contributed by atoms with van der Waals surface area (Å²) in [7, 11) is 0.750. The third-order valence-corrected chi connectivity index (χ3v) is 0. The fraction of sp³-hybridized carbons (Fsp3) is 1.00. The van der Waals surface area contributed by atoms with Gasteiger partial charge in [-0.1, -0.05) is 0 Å². The van der Waals surface area contributed by atoms with Crippen molar-refractivity contribution in [2.24, 2.45) is 0 Å². The van der Waals surface area contributed by atoms with Gasteiger partial charge in [0.1, 0.15) is 0 Å². The molecule has 3 N–H and O–H groups in total. The van der Waals surface area contributed by atoms with E-state index in [1.54, 1.807) is 0 Å². The zero-order valence-electron chi connectivity index (χ0n) is 3.25. The van der Waals surface area contributed by atoms with Crippen molar-refractivity contribution < 1.29 is 43.3 Å². The summed E-state index contributed by atoms with van der Waals surface area (Å²) in [5, 5.41) is 8.25. The van der Waals surface area contributed by atoms with Crippen LogP contribution in [0.1, 0.15) is 0 Å². The molecule has 0 heterocycles. The summed E-state index contributed by atoms with van der Waals surface area (Å²) in [6.07, 6.45) is 0. The predicted octanol–water partition coefficient (Wildman–Crippen LogP) is -1.56. The van der Waals surface area contributed by atoms with Crippen LogP contribution in [0.25, 0.3) is 0 Å². The molecule has 0 aliphatic rings. The minimum absolute atomic E-state index is 0. The fourth-order valence-corrected chi connectivity index (χ4v) is 0. The van der Waals surface area contributed by atoms with Crippen molar-refractivity contribution in [2.75, 3.05) is 7.11 Å². The van der Waals surface area contributed by atoms with Crippen molar-refractivity contribution in [2.45, 2.75) is 0 Å². The van der Waals surface area contributed by atoms with Crippen LogP contribution in [0.2, 0.25) is 0 Å². The predicted molar refractivity (Wildman–Crippen MR) is 11.7 cm³/mol. The summed E-state index contributed by atoms with van der Waals surface area (Å²) < 4.78 is 0. The maximum atomic E-state index is 8.25. The molecule has 0 aromatic rings. The van der Waals surface area contributed by atoms with E-state index in [1.807, 2.05) is 0 Å². The van der Waals surface area contributed by atoms with Crippen LogP contribution in [0.5, 0.6) is 0 Å². The second kappa shape index (κ2) is 375. The molecule has 0 unspecified atom stereocenters. The molecule has 0 spiro atoms. The maximum Gasteiger partial charge on any atom is 4.00 e. The van der Waals surface area contributed by atoms with Gasteiger partial charge in [-0.15, -0.1) is 0 Å². The van der Waals surface area contributed by atoms with Gasteiger partial charge in [-0.25, -0.2) is 0 Å². The second-order valence-electron chi connectivity index (χ2n) is 0. The van der Waals surface area contributed by atoms with Crippen LogP contribution >= 0.6 is 0 Å². The molecular weight excluding hydrogens is 124 g/mol. The Bertz CT molecular complexity index is 7.51. The Labute approximate surface area is 51.0 Å². The molecule has 0 amide bonds. The summed E-state index contributed by atoms with van der Waals surface area (Å²) >= 11 is 0. The molecular formula is CH6O4Ti. The van der Waals surface area contributed by atoms with E-state index in [1.165, 1.54) is 0 Å². The van der Waals surface area contributed by atoms with E-state index in [-0.39, 0.29) is 38.1 Å². The average molecular weight is 130 g/mol. The number of hydrogen-bond acceptors (Lipinski definition) is 4. The summed E-state index contributed by atoms with van der Waals surface area (Å²) in [4.78, 5) is 0. The van der Waals surface area contributed by atoms with E-state index in [0.717, 1.165) is 7.11 Å². The molecule has 0 fully saturated rings. The van der Waals surface area contributed by atoms with Gasteiger partial charge in [0.15, 0.2) is 0 Å². The quantitative estimate of drug-likeness (QED) is 0.369. The van der Waals surface area contributed by atoms with Crippen molar-refractivity contribution in [1.29, 1.82) is 0 Å². The van der Waals surface area contributed by atoms with E-state index in [0.29, 0.717) is 0 Å². The van der Waals surface area contributed by atoms with Gasteiger partial charge >= 0.3 is 21.7 Å². The number of rotatable bonds is 0.